The maximum absolute atomic E-state index is 12.5. The molecule has 1 aliphatic rings. The third-order valence-electron chi connectivity index (χ3n) is 5.49. The summed E-state index contributed by atoms with van der Waals surface area (Å²) in [6, 6.07) is 13.9. The van der Waals surface area contributed by atoms with E-state index in [0.717, 1.165) is 32.5 Å². The van der Waals surface area contributed by atoms with Crippen LogP contribution < -0.4 is 14.8 Å². The van der Waals surface area contributed by atoms with Gasteiger partial charge in [-0.05, 0) is 67.9 Å². The highest BCUT2D eigenvalue weighted by atomic mass is 32.2. The van der Waals surface area contributed by atoms with E-state index in [1.54, 1.807) is 32.4 Å². The Bertz CT molecular complexity index is 820. The maximum Gasteiger partial charge on any atom is 0.251 e. The van der Waals surface area contributed by atoms with Gasteiger partial charge in [-0.1, -0.05) is 18.2 Å². The number of piperidine rings is 1. The van der Waals surface area contributed by atoms with Crippen LogP contribution in [0.5, 0.6) is 11.5 Å². The number of nitrogens with zero attached hydrogens (tertiary/aromatic N) is 1. The summed E-state index contributed by atoms with van der Waals surface area (Å²) in [5.41, 5.74) is 1.99. The number of thioether (sulfide) groups is 1. The lowest BCUT2D eigenvalue weighted by molar-refractivity contribution is 0.0934. The van der Waals surface area contributed by atoms with Gasteiger partial charge in [-0.2, -0.15) is 0 Å². The zero-order valence-corrected chi connectivity index (χ0v) is 18.3. The molecule has 0 spiro atoms. The van der Waals surface area contributed by atoms with E-state index >= 15 is 0 Å². The Hall–Kier alpha value is -2.18. The third-order valence-corrected chi connectivity index (χ3v) is 6.33. The van der Waals surface area contributed by atoms with E-state index in [1.165, 1.54) is 10.5 Å². The molecule has 1 fully saturated rings. The van der Waals surface area contributed by atoms with E-state index in [1.807, 2.05) is 11.8 Å². The highest BCUT2D eigenvalue weighted by molar-refractivity contribution is 7.98. The molecule has 0 atom stereocenters. The summed E-state index contributed by atoms with van der Waals surface area (Å²) in [4.78, 5) is 16.4. The lowest BCUT2D eigenvalue weighted by atomic mass is 9.96. The Morgan fingerprint density at radius 1 is 1.10 bits per heavy atom. The minimum Gasteiger partial charge on any atom is -0.493 e. The molecular formula is C23H30N2O3S. The molecule has 5 nitrogen and oxygen atoms in total. The van der Waals surface area contributed by atoms with Crippen molar-refractivity contribution < 1.29 is 14.3 Å². The van der Waals surface area contributed by atoms with Gasteiger partial charge in [0.25, 0.3) is 5.91 Å². The quantitative estimate of drug-likeness (QED) is 0.660. The number of hydrogen-bond acceptors (Lipinski definition) is 5. The van der Waals surface area contributed by atoms with Crippen LogP contribution in [0.2, 0.25) is 0 Å². The summed E-state index contributed by atoms with van der Waals surface area (Å²) in [6.45, 7) is 3.85. The first-order chi connectivity index (χ1) is 14.1. The summed E-state index contributed by atoms with van der Waals surface area (Å²) in [7, 11) is 3.16. The molecule has 0 unspecified atom stereocenters. The van der Waals surface area contributed by atoms with Crippen molar-refractivity contribution in [2.24, 2.45) is 5.92 Å². The molecule has 0 aromatic heterocycles. The van der Waals surface area contributed by atoms with Crippen LogP contribution in [0.3, 0.4) is 0 Å². The first-order valence-electron chi connectivity index (χ1n) is 9.99. The van der Waals surface area contributed by atoms with Gasteiger partial charge in [0.1, 0.15) is 0 Å². The van der Waals surface area contributed by atoms with Crippen LogP contribution in [0.1, 0.15) is 28.8 Å². The van der Waals surface area contributed by atoms with Gasteiger partial charge in [-0.15, -0.1) is 11.8 Å². The van der Waals surface area contributed by atoms with Crippen LogP contribution in [0.25, 0.3) is 0 Å². The van der Waals surface area contributed by atoms with Gasteiger partial charge < -0.3 is 14.8 Å². The zero-order chi connectivity index (χ0) is 20.6. The second-order valence-corrected chi connectivity index (χ2v) is 8.16. The van der Waals surface area contributed by atoms with E-state index in [0.29, 0.717) is 29.5 Å². The molecule has 1 aliphatic heterocycles. The predicted octanol–water partition coefficient (Wildman–Crippen LogP) is 4.07. The minimum absolute atomic E-state index is 0.0673. The fraction of sp³-hybridized carbons (Fsp3) is 0.435. The van der Waals surface area contributed by atoms with Crippen LogP contribution in [0, 0.1) is 5.92 Å². The summed E-state index contributed by atoms with van der Waals surface area (Å²) < 4.78 is 10.5. The molecule has 0 aliphatic carbocycles. The van der Waals surface area contributed by atoms with Crippen molar-refractivity contribution >= 4 is 17.7 Å². The largest absolute Gasteiger partial charge is 0.493 e. The van der Waals surface area contributed by atoms with Crippen molar-refractivity contribution in [2.75, 3.05) is 40.1 Å². The standard InChI is InChI=1S/C23H30N2O3S/c1-27-20-9-8-18(14-21(20)28-2)23(26)24-15-17-10-12-25(13-11-17)16-19-6-4-5-7-22(19)29-3/h4-9,14,17H,10-13,15-16H2,1-3H3,(H,24,26). The lowest BCUT2D eigenvalue weighted by Crippen LogP contribution is -2.38. The van der Waals surface area contributed by atoms with Crippen molar-refractivity contribution in [1.82, 2.24) is 10.2 Å². The maximum atomic E-state index is 12.5. The number of carbonyl (C=O) groups is 1. The molecule has 2 aromatic carbocycles. The Labute approximate surface area is 177 Å². The number of amides is 1. The highest BCUT2D eigenvalue weighted by Crippen LogP contribution is 2.28. The Balaban J connectivity index is 1.47. The van der Waals surface area contributed by atoms with Crippen LogP contribution in [-0.4, -0.2) is 50.9 Å². The molecule has 1 heterocycles. The average Bonchev–Trinajstić information content (AvgIpc) is 2.78. The number of nitrogens with one attached hydrogen (secondary N) is 1. The van der Waals surface area contributed by atoms with Gasteiger partial charge in [0, 0.05) is 23.5 Å². The molecule has 1 amide bonds. The fourth-order valence-corrected chi connectivity index (χ4v) is 4.35. The average molecular weight is 415 g/mol. The lowest BCUT2D eigenvalue weighted by Gasteiger charge is -2.32. The van der Waals surface area contributed by atoms with Gasteiger partial charge >= 0.3 is 0 Å². The minimum atomic E-state index is -0.0673. The van der Waals surface area contributed by atoms with Crippen LogP contribution >= 0.6 is 11.8 Å². The molecule has 29 heavy (non-hydrogen) atoms. The van der Waals surface area contributed by atoms with Gasteiger partial charge in [-0.3, -0.25) is 9.69 Å². The molecule has 0 bridgehead atoms. The normalized spacial score (nSPS) is 15.1. The molecule has 156 valence electrons. The SMILES string of the molecule is COc1ccc(C(=O)NCC2CCN(Cc3ccccc3SC)CC2)cc1OC. The molecule has 0 saturated carbocycles. The van der Waals surface area contributed by atoms with Gasteiger partial charge in [0.2, 0.25) is 0 Å². The first kappa shape index (κ1) is 21.5. The van der Waals surface area contributed by atoms with E-state index in [2.05, 4.69) is 40.7 Å². The monoisotopic (exact) mass is 414 g/mol. The molecule has 1 N–H and O–H groups in total. The molecular weight excluding hydrogens is 384 g/mol. The summed E-state index contributed by atoms with van der Waals surface area (Å²) in [5, 5.41) is 3.08. The highest BCUT2D eigenvalue weighted by Gasteiger charge is 2.21. The molecule has 6 heteroatoms. The van der Waals surface area contributed by atoms with Crippen molar-refractivity contribution in [3.8, 4) is 11.5 Å². The van der Waals surface area contributed by atoms with Gasteiger partial charge in [0.15, 0.2) is 11.5 Å². The summed E-state index contributed by atoms with van der Waals surface area (Å²) in [5.74, 6) is 1.65. The number of likely N-dealkylation sites (tertiary alicyclic amines) is 1. The topological polar surface area (TPSA) is 50.8 Å². The number of ether oxygens (including phenoxy) is 2. The van der Waals surface area contributed by atoms with Crippen LogP contribution in [0.4, 0.5) is 0 Å². The number of methoxy groups -OCH3 is 2. The second-order valence-electron chi connectivity index (χ2n) is 7.31. The van der Waals surface area contributed by atoms with E-state index < -0.39 is 0 Å². The number of benzene rings is 2. The van der Waals surface area contributed by atoms with Crippen molar-refractivity contribution in [3.63, 3.8) is 0 Å². The summed E-state index contributed by atoms with van der Waals surface area (Å²) >= 11 is 1.81. The van der Waals surface area contributed by atoms with Crippen molar-refractivity contribution in [2.45, 2.75) is 24.3 Å². The van der Waals surface area contributed by atoms with E-state index in [-0.39, 0.29) is 5.91 Å². The van der Waals surface area contributed by atoms with Crippen molar-refractivity contribution in [3.05, 3.63) is 53.6 Å². The molecule has 3 rings (SSSR count). The smallest absolute Gasteiger partial charge is 0.251 e. The Morgan fingerprint density at radius 3 is 2.52 bits per heavy atom. The molecule has 0 radical (unpaired) electrons. The second kappa shape index (κ2) is 10.6. The van der Waals surface area contributed by atoms with Gasteiger partial charge in [0.05, 0.1) is 14.2 Å². The Kier molecular flexibility index (Phi) is 7.83. The zero-order valence-electron chi connectivity index (χ0n) is 17.4. The number of hydrogen-bond donors (Lipinski definition) is 1. The first-order valence-corrected chi connectivity index (χ1v) is 11.2. The third kappa shape index (κ3) is 5.67. The Morgan fingerprint density at radius 2 is 1.83 bits per heavy atom. The molecule has 1 saturated heterocycles. The fourth-order valence-electron chi connectivity index (χ4n) is 3.74. The van der Waals surface area contributed by atoms with Gasteiger partial charge in [-0.25, -0.2) is 0 Å². The van der Waals surface area contributed by atoms with E-state index in [4.69, 9.17) is 9.47 Å². The van der Waals surface area contributed by atoms with Crippen LogP contribution in [0.15, 0.2) is 47.4 Å². The predicted molar refractivity (Wildman–Crippen MR) is 118 cm³/mol. The van der Waals surface area contributed by atoms with Crippen LogP contribution in [-0.2, 0) is 6.54 Å². The summed E-state index contributed by atoms with van der Waals surface area (Å²) in [6.07, 6.45) is 4.34. The number of rotatable bonds is 8. The molecule has 2 aromatic rings. The van der Waals surface area contributed by atoms with E-state index in [9.17, 15) is 4.79 Å². The number of carbonyl (C=O) groups excluding carboxylic acids is 1. The van der Waals surface area contributed by atoms with Crippen molar-refractivity contribution in [1.29, 1.82) is 0 Å².